The van der Waals surface area contributed by atoms with Gasteiger partial charge in [0, 0.05) is 37.5 Å². The van der Waals surface area contributed by atoms with Gasteiger partial charge in [0.1, 0.15) is 5.70 Å². The maximum Gasteiger partial charge on any atom is 0.277 e. The molecule has 0 unspecified atom stereocenters. The molecule has 0 atom stereocenters. The van der Waals surface area contributed by atoms with E-state index >= 15 is 0 Å². The molecule has 0 fully saturated rings. The Balaban J connectivity index is 2.00. The fourth-order valence-corrected chi connectivity index (χ4v) is 2.76. The minimum Gasteiger partial charge on any atom is -0.378 e. The number of hydrogen-bond acceptors (Lipinski definition) is 4. The van der Waals surface area contributed by atoms with Crippen LogP contribution in [0.5, 0.6) is 0 Å². The number of carbonyl (C=O) groups excluding carboxylic acids is 2. The van der Waals surface area contributed by atoms with Gasteiger partial charge in [-0.1, -0.05) is 23.7 Å². The van der Waals surface area contributed by atoms with Crippen molar-refractivity contribution in [2.75, 3.05) is 31.4 Å². The molecule has 0 bridgehead atoms. The molecule has 2 aromatic carbocycles. The normalized spacial score (nSPS) is 14.3. The summed E-state index contributed by atoms with van der Waals surface area (Å²) in [5, 5.41) is 3.67. The monoisotopic (exact) mass is 355 g/mol. The van der Waals surface area contributed by atoms with Gasteiger partial charge in [0.25, 0.3) is 11.8 Å². The highest BCUT2D eigenvalue weighted by molar-refractivity contribution is 6.36. The van der Waals surface area contributed by atoms with Crippen LogP contribution in [0.15, 0.2) is 54.2 Å². The molecule has 0 saturated carbocycles. The van der Waals surface area contributed by atoms with Crippen molar-refractivity contribution >= 4 is 40.4 Å². The molecular formula is C19H18ClN3O2. The van der Waals surface area contributed by atoms with Gasteiger partial charge in [0.05, 0.1) is 5.57 Å². The highest BCUT2D eigenvalue weighted by atomic mass is 35.5. The van der Waals surface area contributed by atoms with Crippen molar-refractivity contribution in [3.8, 4) is 0 Å². The van der Waals surface area contributed by atoms with Gasteiger partial charge in [0.2, 0.25) is 0 Å². The van der Waals surface area contributed by atoms with E-state index in [9.17, 15) is 9.59 Å². The van der Waals surface area contributed by atoms with Crippen LogP contribution in [0.1, 0.15) is 5.56 Å². The third kappa shape index (κ3) is 3.23. The van der Waals surface area contributed by atoms with Gasteiger partial charge in [-0.05, 0) is 42.0 Å². The van der Waals surface area contributed by atoms with E-state index in [-0.39, 0.29) is 17.5 Å². The van der Waals surface area contributed by atoms with Crippen molar-refractivity contribution in [1.29, 1.82) is 0 Å². The second-order valence-electron chi connectivity index (χ2n) is 5.99. The Morgan fingerprint density at radius 1 is 0.920 bits per heavy atom. The van der Waals surface area contributed by atoms with Gasteiger partial charge in [-0.2, -0.15) is 0 Å². The van der Waals surface area contributed by atoms with Gasteiger partial charge < -0.3 is 10.2 Å². The molecule has 2 amide bonds. The minimum absolute atomic E-state index is 0.271. The average Bonchev–Trinajstić information content (AvgIpc) is 2.80. The predicted molar refractivity (Wildman–Crippen MR) is 101 cm³/mol. The molecule has 1 heterocycles. The van der Waals surface area contributed by atoms with E-state index in [0.717, 1.165) is 16.3 Å². The van der Waals surface area contributed by atoms with Crippen LogP contribution < -0.4 is 10.2 Å². The summed E-state index contributed by atoms with van der Waals surface area (Å²) in [7, 11) is 5.39. The van der Waals surface area contributed by atoms with E-state index in [0.29, 0.717) is 16.2 Å². The summed E-state index contributed by atoms with van der Waals surface area (Å²) in [6.45, 7) is 0. The summed E-state index contributed by atoms with van der Waals surface area (Å²) < 4.78 is 0. The molecule has 0 spiro atoms. The zero-order valence-corrected chi connectivity index (χ0v) is 15.0. The largest absolute Gasteiger partial charge is 0.378 e. The summed E-state index contributed by atoms with van der Waals surface area (Å²) in [5.41, 5.74) is 3.06. The fourth-order valence-electron chi connectivity index (χ4n) is 2.63. The van der Waals surface area contributed by atoms with Gasteiger partial charge >= 0.3 is 0 Å². The van der Waals surface area contributed by atoms with Gasteiger partial charge in [0.15, 0.2) is 0 Å². The first kappa shape index (κ1) is 17.0. The summed E-state index contributed by atoms with van der Waals surface area (Å²) in [6.07, 6.45) is 0. The highest BCUT2D eigenvalue weighted by Gasteiger charge is 2.36. The quantitative estimate of drug-likeness (QED) is 0.855. The Kier molecular flexibility index (Phi) is 4.51. The molecule has 6 heteroatoms. The molecule has 1 aliphatic heterocycles. The standard InChI is InChI=1S/C19H18ClN3O2/c1-22(2)15-10-8-14(9-11-15)21-17-16(18(24)23(3)19(17)25)12-4-6-13(20)7-5-12/h4-11,21H,1-3H3. The van der Waals surface area contributed by atoms with Crippen LogP contribution >= 0.6 is 11.6 Å². The second-order valence-corrected chi connectivity index (χ2v) is 6.43. The fraction of sp³-hybridized carbons (Fsp3) is 0.158. The molecule has 25 heavy (non-hydrogen) atoms. The van der Waals surface area contributed by atoms with Crippen LogP contribution in [0, 0.1) is 0 Å². The maximum atomic E-state index is 12.5. The van der Waals surface area contributed by atoms with E-state index in [4.69, 9.17) is 11.6 Å². The van der Waals surface area contributed by atoms with Crippen molar-refractivity contribution in [3.63, 3.8) is 0 Å². The Labute approximate surface area is 151 Å². The number of anilines is 2. The first-order chi connectivity index (χ1) is 11.9. The number of nitrogens with one attached hydrogen (secondary N) is 1. The number of amides is 2. The molecule has 1 N–H and O–H groups in total. The molecule has 0 radical (unpaired) electrons. The lowest BCUT2D eigenvalue weighted by molar-refractivity contribution is -0.135. The van der Waals surface area contributed by atoms with Crippen LogP contribution in [-0.2, 0) is 9.59 Å². The smallest absolute Gasteiger partial charge is 0.277 e. The molecule has 3 rings (SSSR count). The number of nitrogens with zero attached hydrogens (tertiary/aromatic N) is 2. The van der Waals surface area contributed by atoms with E-state index in [1.54, 1.807) is 24.3 Å². The third-order valence-corrected chi connectivity index (χ3v) is 4.32. The summed E-state index contributed by atoms with van der Waals surface area (Å²) >= 11 is 5.92. The number of hydrogen-bond donors (Lipinski definition) is 1. The van der Waals surface area contributed by atoms with Gasteiger partial charge in [-0.3, -0.25) is 14.5 Å². The topological polar surface area (TPSA) is 52.7 Å². The highest BCUT2D eigenvalue weighted by Crippen LogP contribution is 2.30. The number of imide groups is 1. The van der Waals surface area contributed by atoms with Crippen LogP contribution in [0.3, 0.4) is 0 Å². The van der Waals surface area contributed by atoms with Crippen molar-refractivity contribution in [2.24, 2.45) is 0 Å². The molecule has 0 saturated heterocycles. The zero-order valence-electron chi connectivity index (χ0n) is 14.2. The third-order valence-electron chi connectivity index (χ3n) is 4.07. The van der Waals surface area contributed by atoms with Crippen molar-refractivity contribution < 1.29 is 9.59 Å². The number of benzene rings is 2. The van der Waals surface area contributed by atoms with Crippen LogP contribution in [0.25, 0.3) is 5.57 Å². The lowest BCUT2D eigenvalue weighted by atomic mass is 10.0. The van der Waals surface area contributed by atoms with Crippen molar-refractivity contribution in [3.05, 3.63) is 64.8 Å². The van der Waals surface area contributed by atoms with E-state index in [2.05, 4.69) is 5.32 Å². The van der Waals surface area contributed by atoms with Gasteiger partial charge in [-0.25, -0.2) is 0 Å². The molecule has 0 aliphatic carbocycles. The number of carbonyl (C=O) groups is 2. The average molecular weight is 356 g/mol. The Hall–Kier alpha value is -2.79. The molecule has 2 aromatic rings. The predicted octanol–water partition coefficient (Wildman–Crippen LogP) is 3.23. The minimum atomic E-state index is -0.355. The number of rotatable bonds is 4. The van der Waals surface area contributed by atoms with Crippen LogP contribution in [0.4, 0.5) is 11.4 Å². The van der Waals surface area contributed by atoms with E-state index < -0.39 is 0 Å². The summed E-state index contributed by atoms with van der Waals surface area (Å²) in [5.74, 6) is -0.689. The first-order valence-corrected chi connectivity index (χ1v) is 8.13. The Morgan fingerprint density at radius 2 is 1.52 bits per heavy atom. The number of likely N-dealkylation sites (N-methyl/N-ethyl adjacent to an activating group) is 1. The van der Waals surface area contributed by atoms with Crippen LogP contribution in [0.2, 0.25) is 5.02 Å². The molecule has 128 valence electrons. The summed E-state index contributed by atoms with van der Waals surface area (Å²) in [4.78, 5) is 28.1. The van der Waals surface area contributed by atoms with Gasteiger partial charge in [-0.15, -0.1) is 0 Å². The lowest BCUT2D eigenvalue weighted by Crippen LogP contribution is -2.27. The SMILES string of the molecule is CN1C(=O)C(Nc2ccc(N(C)C)cc2)=C(c2ccc(Cl)cc2)C1=O. The number of halogens is 1. The second kappa shape index (κ2) is 6.61. The van der Waals surface area contributed by atoms with Crippen molar-refractivity contribution in [1.82, 2.24) is 4.90 Å². The van der Waals surface area contributed by atoms with Crippen LogP contribution in [-0.4, -0.2) is 37.9 Å². The van der Waals surface area contributed by atoms with E-state index in [1.165, 1.54) is 7.05 Å². The molecule has 0 aromatic heterocycles. The maximum absolute atomic E-state index is 12.5. The molecule has 5 nitrogen and oxygen atoms in total. The first-order valence-electron chi connectivity index (χ1n) is 7.75. The lowest BCUT2D eigenvalue weighted by Gasteiger charge is -2.14. The Morgan fingerprint density at radius 3 is 2.08 bits per heavy atom. The zero-order chi connectivity index (χ0) is 18.1. The molecule has 1 aliphatic rings. The summed E-state index contributed by atoms with van der Waals surface area (Å²) in [6, 6.07) is 14.5. The molecular weight excluding hydrogens is 338 g/mol. The van der Waals surface area contributed by atoms with E-state index in [1.807, 2.05) is 43.3 Å². The Bertz CT molecular complexity index is 855. The van der Waals surface area contributed by atoms with Crippen molar-refractivity contribution in [2.45, 2.75) is 0 Å².